The summed E-state index contributed by atoms with van der Waals surface area (Å²) in [7, 11) is 0. The fourth-order valence-electron chi connectivity index (χ4n) is 5.69. The standard InChI is InChI=1S/C26H29FN2O3/c27-21-12-6-5-11-20(21)24-17-28(14-15-32-24)26(31)23-16-19-10-4-7-13-22(19)29(23)25(30)18-8-2-1-3-9-18/h1-3,5-6,8-9,11-12,19,22-24H,4,7,10,13-17H2. The van der Waals surface area contributed by atoms with Crippen molar-refractivity contribution in [1.29, 1.82) is 0 Å². The quantitative estimate of drug-likeness (QED) is 0.725. The highest BCUT2D eigenvalue weighted by Gasteiger charge is 2.49. The van der Waals surface area contributed by atoms with Gasteiger partial charge in [-0.15, -0.1) is 0 Å². The SMILES string of the molecule is O=C(C1CC2CCCCC2N1C(=O)c1ccccc1)N1CCOC(c2ccccc2F)C1. The number of amides is 2. The highest BCUT2D eigenvalue weighted by molar-refractivity contribution is 5.98. The molecule has 4 atom stereocenters. The van der Waals surface area contributed by atoms with Crippen molar-refractivity contribution in [1.82, 2.24) is 9.80 Å². The molecule has 4 unspecified atom stereocenters. The van der Waals surface area contributed by atoms with Gasteiger partial charge in [-0.1, -0.05) is 49.2 Å². The van der Waals surface area contributed by atoms with Crippen LogP contribution in [-0.4, -0.2) is 53.4 Å². The Labute approximate surface area is 188 Å². The molecule has 168 valence electrons. The molecule has 2 aromatic carbocycles. The third kappa shape index (κ3) is 3.92. The molecule has 3 fully saturated rings. The van der Waals surface area contributed by atoms with Gasteiger partial charge in [-0.25, -0.2) is 4.39 Å². The maximum Gasteiger partial charge on any atom is 0.254 e. The Morgan fingerprint density at radius 2 is 1.72 bits per heavy atom. The van der Waals surface area contributed by atoms with E-state index in [1.807, 2.05) is 35.2 Å². The van der Waals surface area contributed by atoms with E-state index in [1.54, 1.807) is 23.1 Å². The molecule has 2 aromatic rings. The van der Waals surface area contributed by atoms with Crippen LogP contribution < -0.4 is 0 Å². The van der Waals surface area contributed by atoms with Crippen molar-refractivity contribution in [2.24, 2.45) is 5.92 Å². The van der Waals surface area contributed by atoms with Crippen LogP contribution >= 0.6 is 0 Å². The average molecular weight is 437 g/mol. The van der Waals surface area contributed by atoms with E-state index >= 15 is 0 Å². The number of morpholine rings is 1. The van der Waals surface area contributed by atoms with Crippen molar-refractivity contribution in [3.8, 4) is 0 Å². The van der Waals surface area contributed by atoms with Gasteiger partial charge in [0.2, 0.25) is 5.91 Å². The molecule has 2 saturated heterocycles. The van der Waals surface area contributed by atoms with Crippen LogP contribution in [0.3, 0.4) is 0 Å². The molecule has 32 heavy (non-hydrogen) atoms. The largest absolute Gasteiger partial charge is 0.370 e. The van der Waals surface area contributed by atoms with E-state index in [4.69, 9.17) is 4.74 Å². The van der Waals surface area contributed by atoms with Crippen LogP contribution in [0.25, 0.3) is 0 Å². The number of rotatable bonds is 3. The Kier molecular flexibility index (Phi) is 5.96. The second kappa shape index (κ2) is 9.02. The van der Waals surface area contributed by atoms with E-state index in [1.165, 1.54) is 6.07 Å². The lowest BCUT2D eigenvalue weighted by Crippen LogP contribution is -2.53. The number of fused-ring (bicyclic) bond motifs is 1. The van der Waals surface area contributed by atoms with Gasteiger partial charge in [0.1, 0.15) is 18.0 Å². The van der Waals surface area contributed by atoms with E-state index in [2.05, 4.69) is 0 Å². The zero-order valence-electron chi connectivity index (χ0n) is 18.2. The molecule has 5 nitrogen and oxygen atoms in total. The van der Waals surface area contributed by atoms with E-state index < -0.39 is 12.1 Å². The molecule has 1 aliphatic carbocycles. The van der Waals surface area contributed by atoms with Gasteiger partial charge < -0.3 is 14.5 Å². The first-order valence-corrected chi connectivity index (χ1v) is 11.7. The summed E-state index contributed by atoms with van der Waals surface area (Å²) in [6.07, 6.45) is 4.48. The average Bonchev–Trinajstić information content (AvgIpc) is 3.23. The summed E-state index contributed by atoms with van der Waals surface area (Å²) in [6.45, 7) is 1.12. The topological polar surface area (TPSA) is 49.9 Å². The fraction of sp³-hybridized carbons (Fsp3) is 0.462. The molecular weight excluding hydrogens is 407 g/mol. The second-order valence-electron chi connectivity index (χ2n) is 9.11. The smallest absolute Gasteiger partial charge is 0.254 e. The zero-order valence-corrected chi connectivity index (χ0v) is 18.2. The molecule has 0 radical (unpaired) electrons. The lowest BCUT2D eigenvalue weighted by Gasteiger charge is -2.38. The lowest BCUT2D eigenvalue weighted by atomic mass is 9.84. The number of hydrogen-bond donors (Lipinski definition) is 0. The van der Waals surface area contributed by atoms with Crippen molar-refractivity contribution in [3.63, 3.8) is 0 Å². The van der Waals surface area contributed by atoms with Crippen LogP contribution in [-0.2, 0) is 9.53 Å². The Bertz CT molecular complexity index is 982. The first-order valence-electron chi connectivity index (χ1n) is 11.7. The highest BCUT2D eigenvalue weighted by atomic mass is 19.1. The number of halogens is 1. The zero-order chi connectivity index (χ0) is 22.1. The molecule has 5 rings (SSSR count). The number of hydrogen-bond acceptors (Lipinski definition) is 3. The number of nitrogens with zero attached hydrogens (tertiary/aromatic N) is 2. The molecule has 0 N–H and O–H groups in total. The minimum atomic E-state index is -0.490. The summed E-state index contributed by atoms with van der Waals surface area (Å²) in [5.74, 6) is -0.0427. The number of carbonyl (C=O) groups is 2. The van der Waals surface area contributed by atoms with Crippen LogP contribution in [0.2, 0.25) is 0 Å². The van der Waals surface area contributed by atoms with Crippen LogP contribution in [0.15, 0.2) is 54.6 Å². The summed E-state index contributed by atoms with van der Waals surface area (Å²) in [4.78, 5) is 30.9. The van der Waals surface area contributed by atoms with Crippen LogP contribution in [0, 0.1) is 11.7 Å². The highest BCUT2D eigenvalue weighted by Crippen LogP contribution is 2.41. The molecule has 0 spiro atoms. The number of carbonyl (C=O) groups excluding carboxylic acids is 2. The number of likely N-dealkylation sites (tertiary alicyclic amines) is 1. The van der Waals surface area contributed by atoms with E-state index in [-0.39, 0.29) is 23.7 Å². The Morgan fingerprint density at radius 3 is 2.53 bits per heavy atom. The first-order chi connectivity index (χ1) is 15.6. The first kappa shape index (κ1) is 21.1. The third-order valence-corrected chi connectivity index (χ3v) is 7.26. The Hall–Kier alpha value is -2.73. The van der Waals surface area contributed by atoms with Gasteiger partial charge in [0.05, 0.1) is 13.2 Å². The van der Waals surface area contributed by atoms with E-state index in [9.17, 15) is 14.0 Å². The number of ether oxygens (including phenoxy) is 1. The summed E-state index contributed by atoms with van der Waals surface area (Å²) in [5, 5.41) is 0. The monoisotopic (exact) mass is 436 g/mol. The second-order valence-corrected chi connectivity index (χ2v) is 9.11. The van der Waals surface area contributed by atoms with Gasteiger partial charge in [-0.2, -0.15) is 0 Å². The van der Waals surface area contributed by atoms with Gasteiger partial charge in [0.15, 0.2) is 0 Å². The van der Waals surface area contributed by atoms with Crippen molar-refractivity contribution in [2.75, 3.05) is 19.7 Å². The Balaban J connectivity index is 1.39. The molecule has 0 bridgehead atoms. The van der Waals surface area contributed by atoms with Crippen molar-refractivity contribution < 1.29 is 18.7 Å². The van der Waals surface area contributed by atoms with Gasteiger partial charge in [-0.05, 0) is 43.4 Å². The van der Waals surface area contributed by atoms with Gasteiger partial charge in [0, 0.05) is 23.7 Å². The van der Waals surface area contributed by atoms with Crippen LogP contribution in [0.5, 0.6) is 0 Å². The molecule has 6 heteroatoms. The molecule has 0 aromatic heterocycles. The summed E-state index contributed by atoms with van der Waals surface area (Å²) in [6, 6.07) is 15.5. The molecule has 2 amide bonds. The minimum Gasteiger partial charge on any atom is -0.370 e. The summed E-state index contributed by atoms with van der Waals surface area (Å²) < 4.78 is 20.1. The van der Waals surface area contributed by atoms with E-state index in [0.717, 1.165) is 25.7 Å². The van der Waals surface area contributed by atoms with Crippen molar-refractivity contribution in [3.05, 3.63) is 71.5 Å². The van der Waals surface area contributed by atoms with E-state index in [0.29, 0.717) is 43.2 Å². The predicted octanol–water partition coefficient (Wildman–Crippen LogP) is 4.20. The maximum absolute atomic E-state index is 14.3. The minimum absolute atomic E-state index is 0.0340. The van der Waals surface area contributed by atoms with Crippen molar-refractivity contribution >= 4 is 11.8 Å². The van der Waals surface area contributed by atoms with Crippen molar-refractivity contribution in [2.45, 2.75) is 50.3 Å². The predicted molar refractivity (Wildman–Crippen MR) is 118 cm³/mol. The maximum atomic E-state index is 14.3. The third-order valence-electron chi connectivity index (χ3n) is 7.26. The lowest BCUT2D eigenvalue weighted by molar-refractivity contribution is -0.143. The molecule has 3 aliphatic rings. The summed E-state index contributed by atoms with van der Waals surface area (Å²) in [5.41, 5.74) is 1.10. The molecule has 2 aliphatic heterocycles. The molecule has 2 heterocycles. The Morgan fingerprint density at radius 1 is 0.969 bits per heavy atom. The fourth-order valence-corrected chi connectivity index (χ4v) is 5.69. The van der Waals surface area contributed by atoms with Crippen LogP contribution in [0.1, 0.15) is 54.1 Å². The normalized spacial score (nSPS) is 27.8. The van der Waals surface area contributed by atoms with Gasteiger partial charge >= 0.3 is 0 Å². The van der Waals surface area contributed by atoms with Crippen LogP contribution in [0.4, 0.5) is 4.39 Å². The number of benzene rings is 2. The van der Waals surface area contributed by atoms with Gasteiger partial charge in [0.25, 0.3) is 5.91 Å². The van der Waals surface area contributed by atoms with Gasteiger partial charge in [-0.3, -0.25) is 9.59 Å². The molecule has 1 saturated carbocycles. The summed E-state index contributed by atoms with van der Waals surface area (Å²) >= 11 is 0. The molecular formula is C26H29FN2O3.